The Morgan fingerprint density at radius 2 is 2.00 bits per heavy atom. The third-order valence-corrected chi connectivity index (χ3v) is 5.07. The number of para-hydroxylation sites is 1. The van der Waals surface area contributed by atoms with E-state index in [4.69, 9.17) is 4.74 Å². The van der Waals surface area contributed by atoms with Crippen LogP contribution >= 0.6 is 22.7 Å². The van der Waals surface area contributed by atoms with Crippen molar-refractivity contribution in [3.05, 3.63) is 78.8 Å². The molecule has 0 saturated carbocycles. The monoisotopic (exact) mass is 358 g/mol. The van der Waals surface area contributed by atoms with Crippen molar-refractivity contribution in [1.29, 1.82) is 0 Å². The van der Waals surface area contributed by atoms with E-state index in [0.29, 0.717) is 11.3 Å². The summed E-state index contributed by atoms with van der Waals surface area (Å²) >= 11 is 2.71. The lowest BCUT2D eigenvalue weighted by atomic mass is 10.3. The van der Waals surface area contributed by atoms with Gasteiger partial charge < -0.3 is 4.74 Å². The first-order valence-corrected chi connectivity index (χ1v) is 8.82. The van der Waals surface area contributed by atoms with Gasteiger partial charge in [-0.25, -0.2) is 9.79 Å². The van der Waals surface area contributed by atoms with Crippen molar-refractivity contribution >= 4 is 34.3 Å². The van der Waals surface area contributed by atoms with Crippen LogP contribution < -0.4 is 10.4 Å². The van der Waals surface area contributed by atoms with Gasteiger partial charge in [-0.15, -0.1) is 11.3 Å². The molecule has 2 heterocycles. The molecular weight excluding hydrogens is 344 g/mol. The highest BCUT2D eigenvalue weighted by Crippen LogP contribution is 2.12. The fourth-order valence-electron chi connectivity index (χ4n) is 2.07. The molecule has 3 aromatic rings. The Bertz CT molecular complexity index is 958. The molecule has 0 unspecified atom stereocenters. The predicted octanol–water partition coefficient (Wildman–Crippen LogP) is 3.04. The third kappa shape index (κ3) is 3.69. The average molecular weight is 358 g/mol. The maximum Gasteiger partial charge on any atom is 0.348 e. The van der Waals surface area contributed by atoms with Gasteiger partial charge in [0.25, 0.3) is 5.56 Å². The molecule has 24 heavy (non-hydrogen) atoms. The Hall–Kier alpha value is -2.51. The Kier molecular flexibility index (Phi) is 5.02. The third-order valence-electron chi connectivity index (χ3n) is 3.21. The zero-order valence-corrected chi connectivity index (χ0v) is 14.5. The second kappa shape index (κ2) is 7.37. The summed E-state index contributed by atoms with van der Waals surface area (Å²) in [4.78, 5) is 30.6. The number of carbonyl (C=O) groups is 1. The Morgan fingerprint density at radius 3 is 2.67 bits per heavy atom. The van der Waals surface area contributed by atoms with Crippen LogP contribution in [0.15, 0.2) is 63.7 Å². The van der Waals surface area contributed by atoms with Crippen LogP contribution in [0.3, 0.4) is 0 Å². The molecule has 7 heteroatoms. The number of carbonyl (C=O) groups excluding carboxylic acids is 1. The standard InChI is InChI=1S/C17H14N2O3S2/c1-22-16(21)14-10-15(20)19(11-13-8-5-9-23-13)17(24-14)18-12-6-3-2-4-7-12/h2-10H,11H2,1H3. The number of nitrogens with zero attached hydrogens (tertiary/aromatic N) is 2. The first kappa shape index (κ1) is 16.4. The fourth-order valence-corrected chi connectivity index (χ4v) is 3.70. The quantitative estimate of drug-likeness (QED) is 0.674. The van der Waals surface area contributed by atoms with Crippen molar-refractivity contribution in [3.63, 3.8) is 0 Å². The van der Waals surface area contributed by atoms with Crippen LogP contribution in [0.1, 0.15) is 14.5 Å². The maximum absolute atomic E-state index is 12.5. The van der Waals surface area contributed by atoms with Gasteiger partial charge in [-0.1, -0.05) is 35.6 Å². The Balaban J connectivity index is 2.18. The van der Waals surface area contributed by atoms with Gasteiger partial charge in [0, 0.05) is 10.9 Å². The number of methoxy groups -OCH3 is 1. The molecule has 0 aliphatic heterocycles. The SMILES string of the molecule is COC(=O)c1cc(=O)n(Cc2cccs2)c(=Nc2ccccc2)s1. The van der Waals surface area contributed by atoms with Gasteiger partial charge in [0.1, 0.15) is 4.88 Å². The number of aromatic nitrogens is 1. The Morgan fingerprint density at radius 1 is 1.21 bits per heavy atom. The number of rotatable bonds is 4. The molecule has 122 valence electrons. The van der Waals surface area contributed by atoms with E-state index in [9.17, 15) is 9.59 Å². The number of hydrogen-bond acceptors (Lipinski definition) is 6. The van der Waals surface area contributed by atoms with Gasteiger partial charge in [0.2, 0.25) is 0 Å². The lowest BCUT2D eigenvalue weighted by Gasteiger charge is -2.06. The summed E-state index contributed by atoms with van der Waals surface area (Å²) < 4.78 is 6.29. The van der Waals surface area contributed by atoms with E-state index in [1.807, 2.05) is 47.8 Å². The summed E-state index contributed by atoms with van der Waals surface area (Å²) in [5.41, 5.74) is 0.437. The van der Waals surface area contributed by atoms with Crippen molar-refractivity contribution in [3.8, 4) is 0 Å². The van der Waals surface area contributed by atoms with Crippen LogP contribution in [-0.2, 0) is 11.3 Å². The topological polar surface area (TPSA) is 60.7 Å². The first-order chi connectivity index (χ1) is 11.7. The lowest BCUT2D eigenvalue weighted by Crippen LogP contribution is -2.32. The summed E-state index contributed by atoms with van der Waals surface area (Å²) in [6.07, 6.45) is 0. The van der Waals surface area contributed by atoms with E-state index < -0.39 is 5.97 Å². The predicted molar refractivity (Wildman–Crippen MR) is 95.0 cm³/mol. The zero-order valence-electron chi connectivity index (χ0n) is 12.8. The number of benzene rings is 1. The second-order valence-electron chi connectivity index (χ2n) is 4.84. The van der Waals surface area contributed by atoms with E-state index in [2.05, 4.69) is 4.99 Å². The molecule has 0 fully saturated rings. The summed E-state index contributed by atoms with van der Waals surface area (Å²) in [5, 5.41) is 1.96. The van der Waals surface area contributed by atoms with Crippen LogP contribution in [0.25, 0.3) is 0 Å². The minimum absolute atomic E-state index is 0.236. The van der Waals surface area contributed by atoms with Gasteiger partial charge in [0.05, 0.1) is 19.3 Å². The summed E-state index contributed by atoms with van der Waals surface area (Å²) in [6.45, 7) is 0.417. The number of thiophene rings is 1. The van der Waals surface area contributed by atoms with Crippen molar-refractivity contribution < 1.29 is 9.53 Å². The molecule has 0 spiro atoms. The van der Waals surface area contributed by atoms with Gasteiger partial charge in [-0.2, -0.15) is 0 Å². The normalized spacial score (nSPS) is 11.5. The molecule has 0 radical (unpaired) electrons. The molecule has 5 nitrogen and oxygen atoms in total. The smallest absolute Gasteiger partial charge is 0.348 e. The maximum atomic E-state index is 12.5. The van der Waals surface area contributed by atoms with E-state index >= 15 is 0 Å². The molecule has 0 aliphatic rings. The molecule has 2 aromatic heterocycles. The van der Waals surface area contributed by atoms with Gasteiger partial charge in [-0.3, -0.25) is 9.36 Å². The van der Waals surface area contributed by atoms with Crippen LogP contribution in [0.5, 0.6) is 0 Å². The second-order valence-corrected chi connectivity index (χ2v) is 6.88. The van der Waals surface area contributed by atoms with Gasteiger partial charge in [0.15, 0.2) is 4.80 Å². The molecule has 3 rings (SSSR count). The number of hydrogen-bond donors (Lipinski definition) is 0. The number of esters is 1. The molecule has 0 N–H and O–H groups in total. The highest BCUT2D eigenvalue weighted by atomic mass is 32.1. The molecule has 0 amide bonds. The van der Waals surface area contributed by atoms with Crippen molar-refractivity contribution in [1.82, 2.24) is 4.57 Å². The minimum Gasteiger partial charge on any atom is -0.465 e. The fraction of sp³-hybridized carbons (Fsp3) is 0.118. The molecule has 0 saturated heterocycles. The van der Waals surface area contributed by atoms with Crippen molar-refractivity contribution in [2.24, 2.45) is 4.99 Å². The van der Waals surface area contributed by atoms with Gasteiger partial charge >= 0.3 is 5.97 Å². The highest BCUT2D eigenvalue weighted by molar-refractivity contribution is 7.11. The van der Waals surface area contributed by atoms with Gasteiger partial charge in [-0.05, 0) is 23.6 Å². The minimum atomic E-state index is -0.537. The summed E-state index contributed by atoms with van der Waals surface area (Å²) in [5.74, 6) is -0.537. The highest BCUT2D eigenvalue weighted by Gasteiger charge is 2.12. The van der Waals surface area contributed by atoms with Crippen LogP contribution in [0.2, 0.25) is 0 Å². The molecule has 1 aromatic carbocycles. The molecular formula is C17H14N2O3S2. The lowest BCUT2D eigenvalue weighted by molar-refractivity contribution is 0.0606. The Labute approximate surface area is 146 Å². The van der Waals surface area contributed by atoms with E-state index in [-0.39, 0.29) is 10.4 Å². The van der Waals surface area contributed by atoms with Crippen LogP contribution in [0.4, 0.5) is 5.69 Å². The van der Waals surface area contributed by atoms with Crippen molar-refractivity contribution in [2.45, 2.75) is 6.54 Å². The summed E-state index contributed by atoms with van der Waals surface area (Å²) in [7, 11) is 1.29. The summed E-state index contributed by atoms with van der Waals surface area (Å²) in [6, 6.07) is 14.5. The molecule has 0 atom stereocenters. The van der Waals surface area contributed by atoms with E-state index in [1.165, 1.54) is 13.2 Å². The zero-order chi connectivity index (χ0) is 16.9. The van der Waals surface area contributed by atoms with E-state index in [0.717, 1.165) is 21.9 Å². The largest absolute Gasteiger partial charge is 0.465 e. The van der Waals surface area contributed by atoms with Crippen LogP contribution in [-0.4, -0.2) is 17.6 Å². The van der Waals surface area contributed by atoms with Crippen molar-refractivity contribution in [2.75, 3.05) is 7.11 Å². The first-order valence-electron chi connectivity index (χ1n) is 7.13. The average Bonchev–Trinajstić information content (AvgIpc) is 3.11. The van der Waals surface area contributed by atoms with E-state index in [1.54, 1.807) is 15.9 Å². The number of ether oxygens (including phenoxy) is 1. The molecule has 0 bridgehead atoms. The van der Waals surface area contributed by atoms with Crippen LogP contribution in [0, 0.1) is 0 Å². The molecule has 0 aliphatic carbocycles.